The van der Waals surface area contributed by atoms with Crippen LogP contribution in [0.5, 0.6) is 0 Å². The van der Waals surface area contributed by atoms with E-state index in [0.717, 1.165) is 20.7 Å². The monoisotopic (exact) mass is 306 g/mol. The molecule has 1 aromatic carbocycles. The first kappa shape index (κ1) is 12.8. The van der Waals surface area contributed by atoms with Gasteiger partial charge in [-0.15, -0.1) is 0 Å². The summed E-state index contributed by atoms with van der Waals surface area (Å²) in [7, 11) is -1.77. The highest BCUT2D eigenvalue weighted by Crippen LogP contribution is 2.29. The Labute approximate surface area is 111 Å². The number of benzene rings is 1. The molecule has 2 rings (SSSR count). The molecule has 0 aliphatic heterocycles. The average molecular weight is 307 g/mol. The van der Waals surface area contributed by atoms with Crippen LogP contribution in [0, 0.1) is 0 Å². The van der Waals surface area contributed by atoms with Crippen molar-refractivity contribution in [3.8, 4) is 0 Å². The van der Waals surface area contributed by atoms with Gasteiger partial charge in [0, 0.05) is 0 Å². The Bertz CT molecular complexity index is 670. The lowest BCUT2D eigenvalue weighted by Gasteiger charge is -2.01. The standard InChI is InChI=1S/C10H7ClO3S3/c11-8-9(12)15-16-10(8)17(13,14)6-7-4-2-1-3-5-7/h1-5H,6H2. The summed E-state index contributed by atoms with van der Waals surface area (Å²) in [5, 5.41) is -0.184. The molecule has 1 heterocycles. The summed E-state index contributed by atoms with van der Waals surface area (Å²) in [6.07, 6.45) is 0. The van der Waals surface area contributed by atoms with Crippen LogP contribution < -0.4 is 4.74 Å². The maximum Gasteiger partial charge on any atom is 0.262 e. The lowest BCUT2D eigenvalue weighted by Crippen LogP contribution is -2.05. The zero-order valence-corrected chi connectivity index (χ0v) is 11.6. The molecule has 0 bridgehead atoms. The van der Waals surface area contributed by atoms with Gasteiger partial charge in [0.05, 0.1) is 5.75 Å². The number of hydrogen-bond acceptors (Lipinski definition) is 5. The Balaban J connectivity index is 2.39. The molecule has 0 amide bonds. The molecule has 0 radical (unpaired) electrons. The van der Waals surface area contributed by atoms with Gasteiger partial charge >= 0.3 is 0 Å². The molecule has 0 aliphatic rings. The summed E-state index contributed by atoms with van der Waals surface area (Å²) in [4.78, 5) is 11.2. The molecule has 7 heteroatoms. The molecular formula is C10H7ClO3S3. The van der Waals surface area contributed by atoms with Crippen molar-refractivity contribution in [2.75, 3.05) is 0 Å². The van der Waals surface area contributed by atoms with Gasteiger partial charge in [-0.25, -0.2) is 8.42 Å². The van der Waals surface area contributed by atoms with E-state index in [0.29, 0.717) is 5.56 Å². The third kappa shape index (κ3) is 2.77. The fraction of sp³-hybridized carbons (Fsp3) is 0.100. The Morgan fingerprint density at radius 2 is 1.76 bits per heavy atom. The van der Waals surface area contributed by atoms with Crippen LogP contribution >= 0.6 is 32.3 Å². The van der Waals surface area contributed by atoms with E-state index in [1.807, 2.05) is 6.07 Å². The van der Waals surface area contributed by atoms with Gasteiger partial charge in [0.2, 0.25) is 0 Å². The predicted molar refractivity (Wildman–Crippen MR) is 70.8 cm³/mol. The lowest BCUT2D eigenvalue weighted by molar-refractivity contribution is 0.597. The van der Waals surface area contributed by atoms with Crippen molar-refractivity contribution < 1.29 is 8.42 Å². The van der Waals surface area contributed by atoms with Gasteiger partial charge in [0.25, 0.3) is 4.74 Å². The summed E-state index contributed by atoms with van der Waals surface area (Å²) < 4.78 is 23.6. The number of halogens is 1. The minimum absolute atomic E-state index is 0.0296. The lowest BCUT2D eigenvalue weighted by atomic mass is 10.2. The molecule has 0 fully saturated rings. The fourth-order valence-corrected chi connectivity index (χ4v) is 6.67. The smallest absolute Gasteiger partial charge is 0.262 e. The van der Waals surface area contributed by atoms with E-state index in [1.54, 1.807) is 24.3 Å². The highest BCUT2D eigenvalue weighted by atomic mass is 35.5. The van der Waals surface area contributed by atoms with Gasteiger partial charge in [-0.2, -0.15) is 0 Å². The van der Waals surface area contributed by atoms with Gasteiger partial charge < -0.3 is 0 Å². The normalized spacial score (nSPS) is 11.6. The predicted octanol–water partition coefficient (Wildman–Crippen LogP) is 2.80. The van der Waals surface area contributed by atoms with E-state index in [2.05, 4.69) is 0 Å². The largest absolute Gasteiger partial charge is 0.275 e. The van der Waals surface area contributed by atoms with Crippen LogP contribution in [0.3, 0.4) is 0 Å². The van der Waals surface area contributed by atoms with Crippen molar-refractivity contribution in [2.24, 2.45) is 0 Å². The molecule has 0 saturated heterocycles. The van der Waals surface area contributed by atoms with Gasteiger partial charge in [-0.05, 0) is 15.9 Å². The molecule has 0 atom stereocenters. The molecule has 0 spiro atoms. The second-order valence-electron chi connectivity index (χ2n) is 3.30. The van der Waals surface area contributed by atoms with E-state index >= 15 is 0 Å². The van der Waals surface area contributed by atoms with Gasteiger partial charge in [0.1, 0.15) is 5.02 Å². The SMILES string of the molecule is O=c1ssc(S(=O)(=O)Cc2ccccc2)c1Cl. The minimum atomic E-state index is -3.53. The number of sulfone groups is 1. The van der Waals surface area contributed by atoms with Crippen LogP contribution in [0.2, 0.25) is 5.02 Å². The number of hydrogen-bond donors (Lipinski definition) is 0. The molecule has 1 aromatic heterocycles. The van der Waals surface area contributed by atoms with Crippen molar-refractivity contribution in [1.29, 1.82) is 0 Å². The Morgan fingerprint density at radius 3 is 2.29 bits per heavy atom. The zero-order chi connectivity index (χ0) is 12.5. The Morgan fingerprint density at radius 1 is 1.12 bits per heavy atom. The first-order chi connectivity index (χ1) is 8.00. The third-order valence-corrected chi connectivity index (χ3v) is 7.54. The average Bonchev–Trinajstić information content (AvgIpc) is 2.61. The van der Waals surface area contributed by atoms with E-state index in [1.165, 1.54) is 0 Å². The van der Waals surface area contributed by atoms with Crippen molar-refractivity contribution in [1.82, 2.24) is 0 Å². The second-order valence-corrected chi connectivity index (χ2v) is 7.98. The highest BCUT2D eigenvalue weighted by Gasteiger charge is 2.23. The third-order valence-electron chi connectivity index (χ3n) is 2.03. The zero-order valence-electron chi connectivity index (χ0n) is 8.42. The molecule has 2 aromatic rings. The molecular weight excluding hydrogens is 300 g/mol. The summed E-state index contributed by atoms with van der Waals surface area (Å²) in [5.41, 5.74) is 0.675. The quantitative estimate of drug-likeness (QED) is 0.819. The van der Waals surface area contributed by atoms with Crippen LogP contribution in [-0.4, -0.2) is 8.42 Å². The van der Waals surface area contributed by atoms with Crippen LogP contribution in [0.1, 0.15) is 5.56 Å². The highest BCUT2D eigenvalue weighted by molar-refractivity contribution is 7.95. The number of rotatable bonds is 3. The minimum Gasteiger partial charge on any atom is -0.275 e. The van der Waals surface area contributed by atoms with Crippen molar-refractivity contribution in [2.45, 2.75) is 9.96 Å². The Kier molecular flexibility index (Phi) is 3.67. The van der Waals surface area contributed by atoms with Crippen molar-refractivity contribution >= 4 is 42.1 Å². The maximum absolute atomic E-state index is 12.0. The van der Waals surface area contributed by atoms with Gasteiger partial charge in [-0.3, -0.25) is 4.79 Å². The van der Waals surface area contributed by atoms with E-state index < -0.39 is 14.6 Å². The molecule has 3 nitrogen and oxygen atoms in total. The van der Waals surface area contributed by atoms with Crippen LogP contribution in [-0.2, 0) is 15.6 Å². The molecule has 0 N–H and O–H groups in total. The molecule has 0 aliphatic carbocycles. The molecule has 0 saturated carbocycles. The fourth-order valence-electron chi connectivity index (χ4n) is 1.28. The van der Waals surface area contributed by atoms with E-state index in [9.17, 15) is 13.2 Å². The van der Waals surface area contributed by atoms with Gasteiger partial charge in [-0.1, -0.05) is 52.3 Å². The summed E-state index contributed by atoms with van der Waals surface area (Å²) in [5.74, 6) is -0.139. The van der Waals surface area contributed by atoms with Crippen molar-refractivity contribution in [3.63, 3.8) is 0 Å². The maximum atomic E-state index is 12.0. The second kappa shape index (κ2) is 4.89. The summed E-state index contributed by atoms with van der Waals surface area (Å²) >= 11 is 5.69. The molecule has 90 valence electrons. The summed E-state index contributed by atoms with van der Waals surface area (Å²) in [6, 6.07) is 8.79. The van der Waals surface area contributed by atoms with E-state index in [-0.39, 0.29) is 15.0 Å². The molecule has 17 heavy (non-hydrogen) atoms. The van der Waals surface area contributed by atoms with Crippen LogP contribution in [0.25, 0.3) is 0 Å². The van der Waals surface area contributed by atoms with Crippen molar-refractivity contribution in [3.05, 3.63) is 50.5 Å². The van der Waals surface area contributed by atoms with E-state index in [4.69, 9.17) is 11.6 Å². The van der Waals surface area contributed by atoms with Gasteiger partial charge in [0.15, 0.2) is 14.0 Å². The summed E-state index contributed by atoms with van der Waals surface area (Å²) in [6.45, 7) is 0. The van der Waals surface area contributed by atoms with Crippen LogP contribution in [0.4, 0.5) is 0 Å². The molecule has 0 unspecified atom stereocenters. The first-order valence-corrected chi connectivity index (χ1v) is 8.74. The first-order valence-electron chi connectivity index (χ1n) is 4.56. The Hall–Kier alpha value is -0.690. The van der Waals surface area contributed by atoms with Crippen LogP contribution in [0.15, 0.2) is 39.3 Å². The topological polar surface area (TPSA) is 51.2 Å².